The summed E-state index contributed by atoms with van der Waals surface area (Å²) < 4.78 is 7.32. The van der Waals surface area contributed by atoms with Gasteiger partial charge in [-0.1, -0.05) is 0 Å². The molecule has 2 atom stereocenters. The molecule has 2 unspecified atom stereocenters. The van der Waals surface area contributed by atoms with Gasteiger partial charge < -0.3 is 15.4 Å². The molecule has 20 heavy (non-hydrogen) atoms. The van der Waals surface area contributed by atoms with E-state index in [0.717, 1.165) is 36.8 Å². The minimum absolute atomic E-state index is 0.176. The van der Waals surface area contributed by atoms with Crippen LogP contribution in [0.3, 0.4) is 0 Å². The zero-order valence-electron chi connectivity index (χ0n) is 13.3. The van der Waals surface area contributed by atoms with Crippen molar-refractivity contribution >= 4 is 0 Å². The average Bonchev–Trinajstić information content (AvgIpc) is 2.69. The summed E-state index contributed by atoms with van der Waals surface area (Å²) in [6.45, 7) is 7.99. The first-order chi connectivity index (χ1) is 9.49. The lowest BCUT2D eigenvalue weighted by Gasteiger charge is -2.41. The first kappa shape index (κ1) is 15.3. The summed E-state index contributed by atoms with van der Waals surface area (Å²) >= 11 is 0. The van der Waals surface area contributed by atoms with Gasteiger partial charge in [-0.2, -0.15) is 5.10 Å². The first-order valence-electron chi connectivity index (χ1n) is 7.21. The second kappa shape index (κ2) is 6.11. The van der Waals surface area contributed by atoms with E-state index in [4.69, 9.17) is 10.5 Å². The van der Waals surface area contributed by atoms with E-state index < -0.39 is 0 Å². The molecule has 114 valence electrons. The largest absolute Gasteiger partial charge is 0.481 e. The summed E-state index contributed by atoms with van der Waals surface area (Å²) in [5.74, 6) is 0.824. The van der Waals surface area contributed by atoms with Crippen LogP contribution in [0.2, 0.25) is 0 Å². The van der Waals surface area contributed by atoms with Crippen molar-refractivity contribution in [2.75, 3.05) is 40.3 Å². The fourth-order valence-electron chi connectivity index (χ4n) is 3.09. The van der Waals surface area contributed by atoms with Gasteiger partial charge in [-0.05, 0) is 20.9 Å². The molecule has 0 radical (unpaired) electrons. The molecule has 2 heterocycles. The van der Waals surface area contributed by atoms with Crippen LogP contribution in [0.15, 0.2) is 0 Å². The maximum absolute atomic E-state index is 6.07. The second-order valence-corrected chi connectivity index (χ2v) is 5.71. The minimum Gasteiger partial charge on any atom is -0.481 e. The number of ether oxygens (including phenoxy) is 1. The van der Waals surface area contributed by atoms with Gasteiger partial charge in [0.2, 0.25) is 5.88 Å². The Morgan fingerprint density at radius 3 is 2.65 bits per heavy atom. The van der Waals surface area contributed by atoms with Gasteiger partial charge in [0.25, 0.3) is 0 Å². The molecule has 0 aromatic carbocycles. The highest BCUT2D eigenvalue weighted by Gasteiger charge is 2.31. The van der Waals surface area contributed by atoms with Crippen LogP contribution in [0.1, 0.15) is 24.2 Å². The summed E-state index contributed by atoms with van der Waals surface area (Å²) in [5, 5.41) is 4.48. The highest BCUT2D eigenvalue weighted by molar-refractivity contribution is 5.34. The van der Waals surface area contributed by atoms with Gasteiger partial charge >= 0.3 is 0 Å². The third-order valence-electron chi connectivity index (χ3n) is 4.40. The lowest BCUT2D eigenvalue weighted by Crippen LogP contribution is -2.52. The molecule has 1 aromatic heterocycles. The maximum Gasteiger partial charge on any atom is 0.216 e. The van der Waals surface area contributed by atoms with E-state index >= 15 is 0 Å². The van der Waals surface area contributed by atoms with Gasteiger partial charge in [0.05, 0.1) is 24.4 Å². The standard InChI is InChI=1S/C14H27N5O/c1-10-9-19(7-6-17(10)3)12(8-15)13-11(2)16-18(4)14(13)20-5/h10,12H,6-9,15H2,1-5H3. The Kier molecular flexibility index (Phi) is 4.67. The third kappa shape index (κ3) is 2.68. The zero-order chi connectivity index (χ0) is 14.9. The zero-order valence-corrected chi connectivity index (χ0v) is 13.3. The van der Waals surface area contributed by atoms with Crippen LogP contribution >= 0.6 is 0 Å². The van der Waals surface area contributed by atoms with Crippen molar-refractivity contribution in [3.05, 3.63) is 11.3 Å². The van der Waals surface area contributed by atoms with E-state index in [0.29, 0.717) is 12.6 Å². The van der Waals surface area contributed by atoms with Gasteiger partial charge in [0, 0.05) is 39.3 Å². The van der Waals surface area contributed by atoms with E-state index in [1.54, 1.807) is 11.8 Å². The van der Waals surface area contributed by atoms with Crippen LogP contribution in [-0.4, -0.2) is 66.0 Å². The predicted molar refractivity (Wildman–Crippen MR) is 80.0 cm³/mol. The molecule has 0 bridgehead atoms. The van der Waals surface area contributed by atoms with Gasteiger partial charge in [-0.25, -0.2) is 4.68 Å². The van der Waals surface area contributed by atoms with E-state index in [1.807, 2.05) is 14.0 Å². The molecule has 1 aliphatic rings. The molecule has 2 rings (SSSR count). The Hall–Kier alpha value is -1.11. The molecule has 6 heteroatoms. The Bertz CT molecular complexity index is 459. The number of aromatic nitrogens is 2. The number of piperazine rings is 1. The predicted octanol–water partition coefficient (Wildman–Crippen LogP) is 0.373. The van der Waals surface area contributed by atoms with Crippen molar-refractivity contribution in [2.45, 2.75) is 25.9 Å². The highest BCUT2D eigenvalue weighted by atomic mass is 16.5. The topological polar surface area (TPSA) is 59.6 Å². The fourth-order valence-corrected chi connectivity index (χ4v) is 3.09. The molecule has 0 saturated carbocycles. The number of likely N-dealkylation sites (N-methyl/N-ethyl adjacent to an activating group) is 1. The molecule has 0 spiro atoms. The van der Waals surface area contributed by atoms with Crippen LogP contribution in [-0.2, 0) is 7.05 Å². The monoisotopic (exact) mass is 281 g/mol. The molecular formula is C14H27N5O. The molecule has 1 aliphatic heterocycles. The molecule has 2 N–H and O–H groups in total. The van der Waals surface area contributed by atoms with Gasteiger partial charge in [0.1, 0.15) is 0 Å². The van der Waals surface area contributed by atoms with E-state index in [9.17, 15) is 0 Å². The van der Waals surface area contributed by atoms with Gasteiger partial charge in [-0.3, -0.25) is 4.90 Å². The van der Waals surface area contributed by atoms with Crippen molar-refractivity contribution in [3.8, 4) is 5.88 Å². The Morgan fingerprint density at radius 1 is 1.40 bits per heavy atom. The number of aryl methyl sites for hydroxylation is 2. The number of nitrogens with two attached hydrogens (primary N) is 1. The first-order valence-corrected chi connectivity index (χ1v) is 7.21. The number of hydrogen-bond acceptors (Lipinski definition) is 5. The van der Waals surface area contributed by atoms with Gasteiger partial charge in [0.15, 0.2) is 0 Å². The molecule has 1 saturated heterocycles. The maximum atomic E-state index is 6.07. The highest BCUT2D eigenvalue weighted by Crippen LogP contribution is 2.32. The summed E-state index contributed by atoms with van der Waals surface area (Å²) in [7, 11) is 5.78. The van der Waals surface area contributed by atoms with Crippen LogP contribution in [0.4, 0.5) is 0 Å². The Labute approximate surface area is 121 Å². The summed E-state index contributed by atoms with van der Waals surface area (Å²) in [6.07, 6.45) is 0. The average molecular weight is 281 g/mol. The van der Waals surface area contributed by atoms with E-state index in [1.165, 1.54) is 0 Å². The van der Waals surface area contributed by atoms with Crippen molar-refractivity contribution in [2.24, 2.45) is 12.8 Å². The second-order valence-electron chi connectivity index (χ2n) is 5.71. The SMILES string of the molecule is COc1c(C(CN)N2CCN(C)C(C)C2)c(C)nn1C. The minimum atomic E-state index is 0.176. The smallest absolute Gasteiger partial charge is 0.216 e. The number of hydrogen-bond donors (Lipinski definition) is 1. The van der Waals surface area contributed by atoms with Crippen LogP contribution < -0.4 is 10.5 Å². The Balaban J connectivity index is 2.29. The third-order valence-corrected chi connectivity index (χ3v) is 4.40. The Morgan fingerprint density at radius 2 is 2.10 bits per heavy atom. The fraction of sp³-hybridized carbons (Fsp3) is 0.786. The van der Waals surface area contributed by atoms with Crippen LogP contribution in [0.5, 0.6) is 5.88 Å². The molecule has 1 fully saturated rings. The molecule has 6 nitrogen and oxygen atoms in total. The molecule has 0 amide bonds. The summed E-state index contributed by atoms with van der Waals surface area (Å²) in [5.41, 5.74) is 8.21. The van der Waals surface area contributed by atoms with E-state index in [-0.39, 0.29) is 6.04 Å². The normalized spacial score (nSPS) is 23.0. The number of methoxy groups -OCH3 is 1. The van der Waals surface area contributed by atoms with Crippen molar-refractivity contribution < 1.29 is 4.74 Å². The lowest BCUT2D eigenvalue weighted by molar-refractivity contribution is 0.0729. The number of nitrogens with zero attached hydrogens (tertiary/aromatic N) is 4. The van der Waals surface area contributed by atoms with Crippen LogP contribution in [0.25, 0.3) is 0 Å². The van der Waals surface area contributed by atoms with Gasteiger partial charge in [-0.15, -0.1) is 0 Å². The van der Waals surface area contributed by atoms with Crippen molar-refractivity contribution in [1.29, 1.82) is 0 Å². The summed E-state index contributed by atoms with van der Waals surface area (Å²) in [6, 6.07) is 0.718. The van der Waals surface area contributed by atoms with Crippen molar-refractivity contribution in [1.82, 2.24) is 19.6 Å². The molecular weight excluding hydrogens is 254 g/mol. The molecule has 1 aromatic rings. The quantitative estimate of drug-likeness (QED) is 0.864. The number of rotatable bonds is 4. The summed E-state index contributed by atoms with van der Waals surface area (Å²) in [4.78, 5) is 4.84. The van der Waals surface area contributed by atoms with Crippen molar-refractivity contribution in [3.63, 3.8) is 0 Å². The van der Waals surface area contributed by atoms with Crippen LogP contribution in [0, 0.1) is 6.92 Å². The molecule has 0 aliphatic carbocycles. The van der Waals surface area contributed by atoms with E-state index in [2.05, 4.69) is 28.9 Å². The lowest BCUT2D eigenvalue weighted by atomic mass is 10.0.